The smallest absolute Gasteiger partial charge is 0.246 e. The first-order chi connectivity index (χ1) is 13.2. The van der Waals surface area contributed by atoms with Gasteiger partial charge in [0.2, 0.25) is 5.91 Å². The van der Waals surface area contributed by atoms with Crippen LogP contribution in [0.3, 0.4) is 0 Å². The van der Waals surface area contributed by atoms with E-state index in [1.165, 1.54) is 11.6 Å². The van der Waals surface area contributed by atoms with Gasteiger partial charge >= 0.3 is 0 Å². The number of aryl methyl sites for hydroxylation is 1. The quantitative estimate of drug-likeness (QED) is 0.662. The van der Waals surface area contributed by atoms with Gasteiger partial charge in [0.05, 0.1) is 17.6 Å². The molecule has 1 saturated heterocycles. The van der Waals surface area contributed by atoms with Crippen LogP contribution >= 0.6 is 0 Å². The Morgan fingerprint density at radius 3 is 2.85 bits per heavy atom. The second-order valence-electron chi connectivity index (χ2n) is 6.73. The minimum Gasteiger partial charge on any atom is -0.352 e. The van der Waals surface area contributed by atoms with E-state index in [0.717, 1.165) is 23.3 Å². The van der Waals surface area contributed by atoms with Crippen LogP contribution in [0, 0.1) is 0 Å². The number of carbonyl (C=O) groups is 1. The molecule has 0 bridgehead atoms. The largest absolute Gasteiger partial charge is 0.352 e. The SMILES string of the molecule is C=CC(=O)N1CCN(c2ncnc3c2cnn3C)C[C@@H]1Cc1ccccc1. The number of carbonyl (C=O) groups excluding carboxylic acids is 1. The maximum absolute atomic E-state index is 12.4. The van der Waals surface area contributed by atoms with E-state index in [1.54, 1.807) is 17.2 Å². The average molecular weight is 362 g/mol. The van der Waals surface area contributed by atoms with E-state index in [9.17, 15) is 4.79 Å². The van der Waals surface area contributed by atoms with Crippen LogP contribution in [0.5, 0.6) is 0 Å². The van der Waals surface area contributed by atoms with E-state index in [1.807, 2.05) is 30.1 Å². The van der Waals surface area contributed by atoms with Crippen LogP contribution in [-0.4, -0.2) is 56.2 Å². The molecule has 1 aromatic carbocycles. The standard InChI is InChI=1S/C20H22N6O/c1-3-18(27)26-10-9-25(13-16(26)11-15-7-5-4-6-8-15)20-17-12-23-24(2)19(17)21-14-22-20/h3-8,12,14,16H,1,9-11,13H2,2H3/t16-/m0/s1. The number of anilines is 1. The fourth-order valence-corrected chi connectivity index (χ4v) is 3.72. The summed E-state index contributed by atoms with van der Waals surface area (Å²) in [6, 6.07) is 10.3. The Morgan fingerprint density at radius 2 is 2.07 bits per heavy atom. The summed E-state index contributed by atoms with van der Waals surface area (Å²) in [5.74, 6) is 0.849. The van der Waals surface area contributed by atoms with Crippen molar-refractivity contribution >= 4 is 22.8 Å². The van der Waals surface area contributed by atoms with Crippen LogP contribution in [0.4, 0.5) is 5.82 Å². The molecule has 1 atom stereocenters. The second-order valence-corrected chi connectivity index (χ2v) is 6.73. The molecule has 27 heavy (non-hydrogen) atoms. The molecule has 0 aliphatic carbocycles. The van der Waals surface area contributed by atoms with Crippen LogP contribution in [0.2, 0.25) is 0 Å². The molecule has 1 fully saturated rings. The highest BCUT2D eigenvalue weighted by Crippen LogP contribution is 2.26. The Kier molecular flexibility index (Phi) is 4.58. The second kappa shape index (κ2) is 7.19. The van der Waals surface area contributed by atoms with Gasteiger partial charge in [-0.25, -0.2) is 9.97 Å². The number of hydrogen-bond acceptors (Lipinski definition) is 5. The molecule has 1 aliphatic rings. The Labute approximate surface area is 157 Å². The van der Waals surface area contributed by atoms with Crippen molar-refractivity contribution in [3.05, 3.63) is 61.1 Å². The first kappa shape index (κ1) is 17.2. The number of piperazine rings is 1. The van der Waals surface area contributed by atoms with E-state index in [-0.39, 0.29) is 11.9 Å². The number of aromatic nitrogens is 4. The molecule has 7 heteroatoms. The zero-order chi connectivity index (χ0) is 18.8. The zero-order valence-corrected chi connectivity index (χ0v) is 15.3. The molecule has 7 nitrogen and oxygen atoms in total. The van der Waals surface area contributed by atoms with Gasteiger partial charge in [0, 0.05) is 26.7 Å². The molecule has 2 aromatic heterocycles. The molecule has 0 saturated carbocycles. The van der Waals surface area contributed by atoms with Crippen LogP contribution < -0.4 is 4.90 Å². The van der Waals surface area contributed by atoms with Gasteiger partial charge in [-0.1, -0.05) is 36.9 Å². The normalized spacial score (nSPS) is 17.3. The van der Waals surface area contributed by atoms with E-state index in [2.05, 4.69) is 38.7 Å². The highest BCUT2D eigenvalue weighted by molar-refractivity contribution is 5.88. The summed E-state index contributed by atoms with van der Waals surface area (Å²) in [5, 5.41) is 5.24. The van der Waals surface area contributed by atoms with Crippen molar-refractivity contribution in [1.82, 2.24) is 24.6 Å². The van der Waals surface area contributed by atoms with Gasteiger partial charge in [-0.05, 0) is 18.1 Å². The predicted molar refractivity (Wildman–Crippen MR) is 104 cm³/mol. The van der Waals surface area contributed by atoms with Crippen molar-refractivity contribution in [2.75, 3.05) is 24.5 Å². The third kappa shape index (κ3) is 3.28. The number of rotatable bonds is 4. The summed E-state index contributed by atoms with van der Waals surface area (Å²) in [7, 11) is 1.87. The molecule has 138 valence electrons. The van der Waals surface area contributed by atoms with Gasteiger partial charge in [0.1, 0.15) is 12.1 Å². The Morgan fingerprint density at radius 1 is 1.26 bits per heavy atom. The van der Waals surface area contributed by atoms with Crippen molar-refractivity contribution < 1.29 is 4.79 Å². The molecule has 0 N–H and O–H groups in total. The molecular formula is C20H22N6O. The van der Waals surface area contributed by atoms with Crippen molar-refractivity contribution in [2.24, 2.45) is 7.05 Å². The highest BCUT2D eigenvalue weighted by Gasteiger charge is 2.31. The number of fused-ring (bicyclic) bond motifs is 1. The van der Waals surface area contributed by atoms with E-state index < -0.39 is 0 Å². The Bertz CT molecular complexity index is 967. The average Bonchev–Trinajstić information content (AvgIpc) is 3.09. The minimum atomic E-state index is -0.0233. The fourth-order valence-electron chi connectivity index (χ4n) is 3.72. The lowest BCUT2D eigenvalue weighted by atomic mass is 10.0. The maximum Gasteiger partial charge on any atom is 0.246 e. The lowest BCUT2D eigenvalue weighted by molar-refractivity contribution is -0.128. The Hall–Kier alpha value is -3.22. The molecule has 0 unspecified atom stereocenters. The molecule has 3 heterocycles. The van der Waals surface area contributed by atoms with Crippen LogP contribution in [0.1, 0.15) is 5.56 Å². The number of benzene rings is 1. The summed E-state index contributed by atoms with van der Waals surface area (Å²) >= 11 is 0. The highest BCUT2D eigenvalue weighted by atomic mass is 16.2. The van der Waals surface area contributed by atoms with E-state index >= 15 is 0 Å². The number of hydrogen-bond donors (Lipinski definition) is 0. The van der Waals surface area contributed by atoms with Crippen LogP contribution in [0.25, 0.3) is 11.0 Å². The van der Waals surface area contributed by atoms with Gasteiger partial charge in [0.25, 0.3) is 0 Å². The van der Waals surface area contributed by atoms with Crippen molar-refractivity contribution in [2.45, 2.75) is 12.5 Å². The summed E-state index contributed by atoms with van der Waals surface area (Å²) in [4.78, 5) is 25.4. The molecule has 1 aliphatic heterocycles. The monoisotopic (exact) mass is 362 g/mol. The number of amides is 1. The first-order valence-corrected chi connectivity index (χ1v) is 9.02. The van der Waals surface area contributed by atoms with E-state index in [0.29, 0.717) is 19.6 Å². The molecule has 0 radical (unpaired) electrons. The van der Waals surface area contributed by atoms with Gasteiger partial charge in [-0.15, -0.1) is 0 Å². The first-order valence-electron chi connectivity index (χ1n) is 9.02. The Balaban J connectivity index is 1.64. The van der Waals surface area contributed by atoms with Gasteiger partial charge < -0.3 is 9.80 Å². The molecule has 4 rings (SSSR count). The van der Waals surface area contributed by atoms with Gasteiger partial charge in [0.15, 0.2) is 5.65 Å². The summed E-state index contributed by atoms with van der Waals surface area (Å²) in [6.45, 7) is 5.71. The van der Waals surface area contributed by atoms with Crippen molar-refractivity contribution in [1.29, 1.82) is 0 Å². The van der Waals surface area contributed by atoms with Gasteiger partial charge in [-0.3, -0.25) is 9.48 Å². The maximum atomic E-state index is 12.4. The third-order valence-corrected chi connectivity index (χ3v) is 5.06. The molecule has 1 amide bonds. The molecule has 0 spiro atoms. The van der Waals surface area contributed by atoms with Gasteiger partial charge in [-0.2, -0.15) is 5.10 Å². The third-order valence-electron chi connectivity index (χ3n) is 5.06. The van der Waals surface area contributed by atoms with Crippen molar-refractivity contribution in [3.63, 3.8) is 0 Å². The van der Waals surface area contributed by atoms with Crippen LogP contribution in [-0.2, 0) is 18.3 Å². The predicted octanol–water partition coefficient (Wildman–Crippen LogP) is 1.81. The minimum absolute atomic E-state index is 0.0233. The lowest BCUT2D eigenvalue weighted by Crippen LogP contribution is -2.56. The summed E-state index contributed by atoms with van der Waals surface area (Å²) in [6.07, 6.45) is 5.57. The molecule has 3 aromatic rings. The van der Waals surface area contributed by atoms with E-state index in [4.69, 9.17) is 0 Å². The lowest BCUT2D eigenvalue weighted by Gasteiger charge is -2.41. The summed E-state index contributed by atoms with van der Waals surface area (Å²) in [5.41, 5.74) is 2.02. The summed E-state index contributed by atoms with van der Waals surface area (Å²) < 4.78 is 1.75. The fraction of sp³-hybridized carbons (Fsp3) is 0.300. The zero-order valence-electron chi connectivity index (χ0n) is 15.3. The topological polar surface area (TPSA) is 67.2 Å². The number of nitrogens with zero attached hydrogens (tertiary/aromatic N) is 6. The molecular weight excluding hydrogens is 340 g/mol. The van der Waals surface area contributed by atoms with Crippen molar-refractivity contribution in [3.8, 4) is 0 Å². The van der Waals surface area contributed by atoms with Crippen LogP contribution in [0.15, 0.2) is 55.5 Å².